The van der Waals surface area contributed by atoms with E-state index in [0.717, 1.165) is 39.9 Å². The Hall–Kier alpha value is -5.68. The summed E-state index contributed by atoms with van der Waals surface area (Å²) >= 11 is 0. The van der Waals surface area contributed by atoms with Crippen molar-refractivity contribution in [2.45, 2.75) is 34.6 Å². The fraction of sp³-hybridized carbons (Fsp3) is 0.136. The Morgan fingerprint density at radius 3 is 1.55 bits per heavy atom. The van der Waals surface area contributed by atoms with Crippen molar-refractivity contribution in [3.8, 4) is 5.75 Å². The summed E-state index contributed by atoms with van der Waals surface area (Å²) in [6.45, 7) is 10.9. The lowest BCUT2D eigenvalue weighted by Gasteiger charge is -2.53. The van der Waals surface area contributed by atoms with E-state index < -0.39 is 6.42 Å². The quantitative estimate of drug-likeness (QED) is 0.164. The number of benzene rings is 6. The topological polar surface area (TPSA) is 27.8 Å². The Balaban J connectivity index is 1.76. The van der Waals surface area contributed by atoms with Crippen LogP contribution in [0.1, 0.15) is 38.9 Å². The number of nitrogens with zero attached hydrogens (tertiary/aromatic N) is 3. The Bertz CT molecular complexity index is 2110. The molecular weight excluding hydrogens is 597 g/mol. The SMILES string of the molecule is COc1ccc(C2=[N+](c3c(C)cc(C)cc3C)[B-](c3ccccc3)(c3ccccc3)N(c3ccc(C)cc3)C(c3ccc(C)cc3)=N2)cc1. The monoisotopic (exact) mass is 639 g/mol. The van der Waals surface area contributed by atoms with Gasteiger partial charge in [-0.1, -0.05) is 114 Å². The summed E-state index contributed by atoms with van der Waals surface area (Å²) in [4.78, 5) is 8.27. The van der Waals surface area contributed by atoms with Gasteiger partial charge in [-0.15, -0.1) is 10.9 Å². The molecule has 0 aliphatic carbocycles. The number of methoxy groups -OCH3 is 1. The Morgan fingerprint density at radius 2 is 1.04 bits per heavy atom. The standard InChI is InChI=1S/C44H42BN3O/c1-31-17-21-36(22-18-31)43-46-44(37-23-27-41(49-6)28-24-37)48(42-34(4)29-33(3)30-35(42)5)45(38-13-9-7-10-14-38,39-15-11-8-12-16-39)47(43)40-25-19-32(2)20-26-40/h7-30H,1-6H3. The molecule has 6 aromatic carbocycles. The molecule has 242 valence electrons. The van der Waals surface area contributed by atoms with Gasteiger partial charge in [-0.2, -0.15) is 0 Å². The van der Waals surface area contributed by atoms with Gasteiger partial charge in [0.1, 0.15) is 5.75 Å². The maximum atomic E-state index is 5.76. The van der Waals surface area contributed by atoms with Crippen LogP contribution in [0.2, 0.25) is 0 Å². The zero-order valence-corrected chi connectivity index (χ0v) is 29.2. The molecule has 0 saturated carbocycles. The minimum absolute atomic E-state index is 0.807. The van der Waals surface area contributed by atoms with Crippen LogP contribution in [-0.4, -0.2) is 29.7 Å². The van der Waals surface area contributed by atoms with Crippen LogP contribution in [-0.2, 0) is 0 Å². The van der Waals surface area contributed by atoms with Gasteiger partial charge in [0.25, 0.3) is 5.84 Å². The maximum Gasteiger partial charge on any atom is 0.348 e. The zero-order chi connectivity index (χ0) is 34.1. The van der Waals surface area contributed by atoms with E-state index in [-0.39, 0.29) is 0 Å². The third-order valence-electron chi connectivity index (χ3n) is 9.79. The van der Waals surface area contributed by atoms with Gasteiger partial charge >= 0.3 is 6.42 Å². The molecule has 7 rings (SSSR count). The highest BCUT2D eigenvalue weighted by atomic mass is 16.5. The lowest BCUT2D eigenvalue weighted by atomic mass is 9.34. The van der Waals surface area contributed by atoms with E-state index in [1.807, 2.05) is 12.1 Å². The molecule has 0 radical (unpaired) electrons. The zero-order valence-electron chi connectivity index (χ0n) is 29.2. The van der Waals surface area contributed by atoms with Gasteiger partial charge in [0.15, 0.2) is 0 Å². The molecule has 0 spiro atoms. The Morgan fingerprint density at radius 1 is 0.551 bits per heavy atom. The van der Waals surface area contributed by atoms with E-state index in [1.54, 1.807) is 7.11 Å². The van der Waals surface area contributed by atoms with Crippen molar-refractivity contribution in [3.05, 3.63) is 185 Å². The number of anilines is 1. The van der Waals surface area contributed by atoms with Crippen LogP contribution in [0.4, 0.5) is 11.4 Å². The first-order valence-electron chi connectivity index (χ1n) is 17.0. The highest BCUT2D eigenvalue weighted by Gasteiger charge is 2.52. The van der Waals surface area contributed by atoms with E-state index in [4.69, 9.17) is 9.73 Å². The maximum absolute atomic E-state index is 5.76. The number of aryl methyl sites for hydroxylation is 5. The van der Waals surface area contributed by atoms with Crippen molar-refractivity contribution < 1.29 is 9.22 Å². The summed E-state index contributed by atoms with van der Waals surface area (Å²) in [5.74, 6) is 2.58. The Kier molecular flexibility index (Phi) is 8.52. The molecule has 1 aliphatic heterocycles. The first-order chi connectivity index (χ1) is 23.8. The van der Waals surface area contributed by atoms with E-state index in [9.17, 15) is 0 Å². The molecule has 0 unspecified atom stereocenters. The molecule has 49 heavy (non-hydrogen) atoms. The third-order valence-corrected chi connectivity index (χ3v) is 9.79. The van der Waals surface area contributed by atoms with Crippen molar-refractivity contribution in [1.82, 2.24) is 0 Å². The summed E-state index contributed by atoms with van der Waals surface area (Å²) in [5, 5.41) is 0. The van der Waals surface area contributed by atoms with Crippen molar-refractivity contribution in [1.29, 1.82) is 0 Å². The van der Waals surface area contributed by atoms with E-state index in [1.165, 1.54) is 38.7 Å². The normalized spacial score (nSPS) is 14.1. The molecule has 0 fully saturated rings. The third kappa shape index (κ3) is 5.65. The van der Waals surface area contributed by atoms with Gasteiger partial charge in [-0.25, -0.2) is 0 Å². The molecule has 1 heterocycles. The molecule has 0 aromatic heterocycles. The minimum Gasteiger partial charge on any atom is -0.497 e. The van der Waals surface area contributed by atoms with Crippen LogP contribution >= 0.6 is 0 Å². The number of ether oxygens (including phenoxy) is 1. The lowest BCUT2D eigenvalue weighted by molar-refractivity contribution is -0.295. The van der Waals surface area contributed by atoms with Crippen LogP contribution in [0.3, 0.4) is 0 Å². The second kappa shape index (κ2) is 13.1. The number of amidine groups is 2. The predicted molar refractivity (Wildman–Crippen MR) is 207 cm³/mol. The van der Waals surface area contributed by atoms with E-state index in [0.29, 0.717) is 0 Å². The van der Waals surface area contributed by atoms with Crippen molar-refractivity contribution in [2.75, 3.05) is 11.9 Å². The van der Waals surface area contributed by atoms with Crippen molar-refractivity contribution in [2.24, 2.45) is 4.99 Å². The number of hydrogen-bond donors (Lipinski definition) is 0. The van der Waals surface area contributed by atoms with Gasteiger partial charge in [-0.3, -0.25) is 0 Å². The lowest BCUT2D eigenvalue weighted by Crippen LogP contribution is -2.80. The Labute approximate surface area is 290 Å². The summed E-state index contributed by atoms with van der Waals surface area (Å²) in [5.41, 5.74) is 12.7. The molecule has 0 N–H and O–H groups in total. The highest BCUT2D eigenvalue weighted by Crippen LogP contribution is 2.37. The smallest absolute Gasteiger partial charge is 0.348 e. The first-order valence-corrected chi connectivity index (χ1v) is 17.0. The first kappa shape index (κ1) is 31.9. The molecule has 0 amide bonds. The van der Waals surface area contributed by atoms with E-state index in [2.05, 4.69) is 177 Å². The fourth-order valence-electron chi connectivity index (χ4n) is 7.65. The molecule has 5 heteroatoms. The number of aliphatic imine (C=N–C) groups is 1. The number of hydrogen-bond acceptors (Lipinski definition) is 3. The van der Waals surface area contributed by atoms with E-state index >= 15 is 0 Å². The van der Waals surface area contributed by atoms with Gasteiger partial charge < -0.3 is 14.0 Å². The molecule has 1 aliphatic rings. The molecule has 0 saturated heterocycles. The molecule has 6 aromatic rings. The highest BCUT2D eigenvalue weighted by molar-refractivity contribution is 7.02. The van der Waals surface area contributed by atoms with Crippen LogP contribution in [0.5, 0.6) is 5.75 Å². The second-order valence-corrected chi connectivity index (χ2v) is 13.3. The van der Waals surface area contributed by atoms with Crippen molar-refractivity contribution in [3.63, 3.8) is 0 Å². The van der Waals surface area contributed by atoms with Crippen molar-refractivity contribution >= 4 is 40.4 Å². The van der Waals surface area contributed by atoms with Gasteiger partial charge in [0.05, 0.1) is 18.4 Å². The summed E-state index contributed by atoms with van der Waals surface area (Å²) in [6, 6.07) is 52.5. The molecule has 0 bridgehead atoms. The van der Waals surface area contributed by atoms with Gasteiger partial charge in [0, 0.05) is 11.3 Å². The molecule has 4 nitrogen and oxygen atoms in total. The van der Waals surface area contributed by atoms with Crippen LogP contribution < -0.4 is 20.5 Å². The fourth-order valence-corrected chi connectivity index (χ4v) is 7.65. The van der Waals surface area contributed by atoms with Gasteiger partial charge in [-0.05, 0) is 99.3 Å². The largest absolute Gasteiger partial charge is 0.497 e. The summed E-state index contributed by atoms with van der Waals surface area (Å²) < 4.78 is 8.17. The second-order valence-electron chi connectivity index (χ2n) is 13.3. The summed E-state index contributed by atoms with van der Waals surface area (Å²) in [7, 11) is 1.71. The summed E-state index contributed by atoms with van der Waals surface area (Å²) in [6.07, 6.45) is -2.00. The average Bonchev–Trinajstić information content (AvgIpc) is 3.12. The minimum atomic E-state index is -2.00. The average molecular weight is 640 g/mol. The van der Waals surface area contributed by atoms with Crippen LogP contribution in [0.15, 0.2) is 151 Å². The molecular formula is C44H42BN3O. The van der Waals surface area contributed by atoms with Crippen LogP contribution in [0, 0.1) is 34.6 Å². The predicted octanol–water partition coefficient (Wildman–Crippen LogP) is 8.55. The molecule has 0 atom stereocenters. The van der Waals surface area contributed by atoms with Crippen LogP contribution in [0.25, 0.3) is 0 Å². The number of rotatable bonds is 7. The van der Waals surface area contributed by atoms with Gasteiger partial charge in [0.2, 0.25) is 5.84 Å².